The van der Waals surface area contributed by atoms with Gasteiger partial charge in [0.25, 0.3) is 0 Å². The monoisotopic (exact) mass is 358 g/mol. The molecule has 3 saturated carbocycles. The predicted molar refractivity (Wildman–Crippen MR) is 103 cm³/mol. The van der Waals surface area contributed by atoms with E-state index in [1.54, 1.807) is 0 Å². The molecule has 3 nitrogen and oxygen atoms in total. The molecule has 2 bridgehead atoms. The molecular formula is C23H34O3. The average Bonchev–Trinajstić information content (AvgIpc) is 2.70. The first-order valence-corrected chi connectivity index (χ1v) is 10.7. The highest BCUT2D eigenvalue weighted by molar-refractivity contribution is 5.32. The second kappa shape index (κ2) is 7.61. The first kappa shape index (κ1) is 18.5. The van der Waals surface area contributed by atoms with Crippen molar-refractivity contribution in [2.45, 2.75) is 88.9 Å². The van der Waals surface area contributed by atoms with Gasteiger partial charge in [0, 0.05) is 5.56 Å². The Hall–Kier alpha value is -0.900. The highest BCUT2D eigenvalue weighted by Crippen LogP contribution is 2.59. The van der Waals surface area contributed by atoms with Gasteiger partial charge in [-0.1, -0.05) is 50.5 Å². The van der Waals surface area contributed by atoms with E-state index in [0.717, 1.165) is 5.56 Å². The summed E-state index contributed by atoms with van der Waals surface area (Å²) >= 11 is 0. The summed E-state index contributed by atoms with van der Waals surface area (Å²) in [6, 6.07) is 8.96. The van der Waals surface area contributed by atoms with E-state index in [1.165, 1.54) is 69.8 Å². The summed E-state index contributed by atoms with van der Waals surface area (Å²) in [6.45, 7) is 3.02. The summed E-state index contributed by atoms with van der Waals surface area (Å²) in [7, 11) is 0. The zero-order chi connectivity index (χ0) is 18.0. The molecule has 1 heterocycles. The molecule has 26 heavy (non-hydrogen) atoms. The second-order valence-corrected chi connectivity index (χ2v) is 9.01. The van der Waals surface area contributed by atoms with Crippen molar-refractivity contribution >= 4 is 0 Å². The van der Waals surface area contributed by atoms with Crippen LogP contribution in [0.4, 0.5) is 0 Å². The van der Waals surface area contributed by atoms with Gasteiger partial charge in [-0.05, 0) is 61.3 Å². The molecule has 1 N–H and O–H groups in total. The zero-order valence-corrected chi connectivity index (χ0v) is 16.2. The van der Waals surface area contributed by atoms with E-state index in [0.29, 0.717) is 24.0 Å². The van der Waals surface area contributed by atoms with Gasteiger partial charge < -0.3 is 14.6 Å². The van der Waals surface area contributed by atoms with Crippen LogP contribution in [0, 0.1) is 5.41 Å². The number of rotatable bonds is 6. The van der Waals surface area contributed by atoms with Gasteiger partial charge in [-0.25, -0.2) is 0 Å². The minimum atomic E-state index is -0.494. The van der Waals surface area contributed by atoms with Gasteiger partial charge in [0.15, 0.2) is 6.29 Å². The van der Waals surface area contributed by atoms with Crippen LogP contribution in [0.5, 0.6) is 0 Å². The van der Waals surface area contributed by atoms with Gasteiger partial charge in [0.2, 0.25) is 0 Å². The van der Waals surface area contributed by atoms with Crippen molar-refractivity contribution in [3.63, 3.8) is 0 Å². The van der Waals surface area contributed by atoms with E-state index >= 15 is 0 Å². The van der Waals surface area contributed by atoms with Crippen LogP contribution in [-0.4, -0.2) is 24.4 Å². The Kier molecular flexibility index (Phi) is 5.41. The fourth-order valence-corrected chi connectivity index (χ4v) is 5.50. The number of hydrogen-bond acceptors (Lipinski definition) is 3. The standard InChI is InChI=1S/C23H34O3/c1-2-3-4-9-22-10-13-23(14-11-22,15-12-22)19-7-5-18(6-8-19)21-25-16-20(24)17-26-21/h5-8,20-21,24H,2-4,9-17H2,1H3. The molecule has 1 aliphatic heterocycles. The molecule has 3 heteroatoms. The van der Waals surface area contributed by atoms with E-state index in [2.05, 4.69) is 31.2 Å². The van der Waals surface area contributed by atoms with Crippen LogP contribution in [0.2, 0.25) is 0 Å². The molecule has 0 aromatic heterocycles. The first-order valence-electron chi connectivity index (χ1n) is 10.7. The average molecular weight is 359 g/mol. The quantitative estimate of drug-likeness (QED) is 0.705. The number of ether oxygens (including phenoxy) is 2. The van der Waals surface area contributed by atoms with Crippen molar-refractivity contribution in [2.24, 2.45) is 5.41 Å². The third-order valence-electron chi connectivity index (χ3n) is 7.39. The molecule has 3 aliphatic carbocycles. The summed E-state index contributed by atoms with van der Waals surface area (Å²) in [4.78, 5) is 0. The minimum Gasteiger partial charge on any atom is -0.388 e. The third kappa shape index (κ3) is 3.58. The van der Waals surface area contributed by atoms with Crippen molar-refractivity contribution in [2.75, 3.05) is 13.2 Å². The van der Waals surface area contributed by atoms with Crippen molar-refractivity contribution in [1.29, 1.82) is 0 Å². The number of benzene rings is 1. The second-order valence-electron chi connectivity index (χ2n) is 9.01. The molecule has 144 valence electrons. The van der Waals surface area contributed by atoms with Crippen molar-refractivity contribution in [3.8, 4) is 0 Å². The summed E-state index contributed by atoms with van der Waals surface area (Å²) < 4.78 is 11.2. The summed E-state index contributed by atoms with van der Waals surface area (Å²) in [6.07, 6.45) is 13.1. The fraction of sp³-hybridized carbons (Fsp3) is 0.739. The van der Waals surface area contributed by atoms with Crippen LogP contribution < -0.4 is 0 Å². The van der Waals surface area contributed by atoms with E-state index in [4.69, 9.17) is 9.47 Å². The Morgan fingerprint density at radius 2 is 1.54 bits per heavy atom. The number of aliphatic hydroxyl groups is 1. The highest BCUT2D eigenvalue weighted by Gasteiger charge is 2.48. The molecular weight excluding hydrogens is 324 g/mol. The summed E-state index contributed by atoms with van der Waals surface area (Å²) in [5, 5.41) is 9.50. The van der Waals surface area contributed by atoms with Crippen LogP contribution in [0.15, 0.2) is 24.3 Å². The van der Waals surface area contributed by atoms with Gasteiger partial charge in [-0.3, -0.25) is 0 Å². The Balaban J connectivity index is 1.40. The van der Waals surface area contributed by atoms with E-state index < -0.39 is 6.10 Å². The Labute approximate surface area is 158 Å². The molecule has 1 aromatic carbocycles. The van der Waals surface area contributed by atoms with Crippen molar-refractivity contribution in [1.82, 2.24) is 0 Å². The largest absolute Gasteiger partial charge is 0.388 e. The molecule has 4 fully saturated rings. The Morgan fingerprint density at radius 3 is 2.12 bits per heavy atom. The smallest absolute Gasteiger partial charge is 0.184 e. The van der Waals surface area contributed by atoms with Crippen LogP contribution in [0.1, 0.15) is 88.5 Å². The van der Waals surface area contributed by atoms with Crippen LogP contribution in [0.25, 0.3) is 0 Å². The maximum Gasteiger partial charge on any atom is 0.184 e. The van der Waals surface area contributed by atoms with Gasteiger partial charge in [0.1, 0.15) is 6.10 Å². The predicted octanol–water partition coefficient (Wildman–Crippen LogP) is 5.27. The van der Waals surface area contributed by atoms with Crippen molar-refractivity contribution in [3.05, 3.63) is 35.4 Å². The molecule has 0 spiro atoms. The molecule has 0 radical (unpaired) electrons. The molecule has 1 saturated heterocycles. The Morgan fingerprint density at radius 1 is 0.923 bits per heavy atom. The van der Waals surface area contributed by atoms with Gasteiger partial charge in [-0.2, -0.15) is 0 Å². The van der Waals surface area contributed by atoms with E-state index in [1.807, 2.05) is 0 Å². The number of aliphatic hydroxyl groups excluding tert-OH is 1. The number of fused-ring (bicyclic) bond motifs is 3. The normalized spacial score (nSPS) is 37.0. The lowest BCUT2D eigenvalue weighted by Crippen LogP contribution is -2.44. The van der Waals surface area contributed by atoms with Crippen LogP contribution >= 0.6 is 0 Å². The van der Waals surface area contributed by atoms with Crippen molar-refractivity contribution < 1.29 is 14.6 Å². The molecule has 0 amide bonds. The minimum absolute atomic E-state index is 0.325. The lowest BCUT2D eigenvalue weighted by atomic mass is 9.51. The van der Waals surface area contributed by atoms with Crippen LogP contribution in [-0.2, 0) is 14.9 Å². The molecule has 5 rings (SSSR count). The summed E-state index contributed by atoms with van der Waals surface area (Å²) in [5.74, 6) is 0. The van der Waals surface area contributed by atoms with Crippen LogP contribution in [0.3, 0.4) is 0 Å². The topological polar surface area (TPSA) is 38.7 Å². The van der Waals surface area contributed by atoms with Gasteiger partial charge >= 0.3 is 0 Å². The van der Waals surface area contributed by atoms with E-state index in [9.17, 15) is 5.11 Å². The van der Waals surface area contributed by atoms with Gasteiger partial charge in [0.05, 0.1) is 13.2 Å². The molecule has 4 aliphatic rings. The maximum atomic E-state index is 9.50. The third-order valence-corrected chi connectivity index (χ3v) is 7.39. The number of hydrogen-bond donors (Lipinski definition) is 1. The highest BCUT2D eigenvalue weighted by atomic mass is 16.7. The SMILES string of the molecule is CCCCCC12CCC(c3ccc(C4OCC(O)CO4)cc3)(CC1)CC2. The summed E-state index contributed by atoms with van der Waals surface area (Å²) in [5.41, 5.74) is 3.66. The molecule has 1 aromatic rings. The molecule has 0 atom stereocenters. The van der Waals surface area contributed by atoms with E-state index in [-0.39, 0.29) is 6.29 Å². The lowest BCUT2D eigenvalue weighted by Gasteiger charge is -2.54. The first-order chi connectivity index (χ1) is 12.6. The maximum absolute atomic E-state index is 9.50. The zero-order valence-electron chi connectivity index (χ0n) is 16.2. The Bertz CT molecular complexity index is 561. The number of unbranched alkanes of at least 4 members (excludes halogenated alkanes) is 2. The molecule has 0 unspecified atom stereocenters. The lowest BCUT2D eigenvalue weighted by molar-refractivity contribution is -0.220. The van der Waals surface area contributed by atoms with Gasteiger partial charge in [-0.15, -0.1) is 0 Å². The fourth-order valence-electron chi connectivity index (χ4n) is 5.50.